The number of para-hydroxylation sites is 1. The lowest BCUT2D eigenvalue weighted by atomic mass is 10.2. The first-order valence-corrected chi connectivity index (χ1v) is 6.20. The molecule has 0 radical (unpaired) electrons. The number of nitrogens with zero attached hydrogens (tertiary/aromatic N) is 1. The summed E-state index contributed by atoms with van der Waals surface area (Å²) in [6, 6.07) is 13.2. The van der Waals surface area contributed by atoms with Crippen molar-refractivity contribution in [2.45, 2.75) is 6.54 Å². The van der Waals surface area contributed by atoms with E-state index in [-0.39, 0.29) is 5.91 Å². The minimum absolute atomic E-state index is 0.300. The summed E-state index contributed by atoms with van der Waals surface area (Å²) in [6.07, 6.45) is 0. The lowest BCUT2D eigenvalue weighted by Gasteiger charge is -2.04. The van der Waals surface area contributed by atoms with Crippen LogP contribution in [-0.4, -0.2) is 16.1 Å². The summed E-state index contributed by atoms with van der Waals surface area (Å²) >= 11 is 0. The zero-order chi connectivity index (χ0) is 13.9. The summed E-state index contributed by atoms with van der Waals surface area (Å²) in [7, 11) is 0. The number of carbonyl (C=O) groups is 1. The van der Waals surface area contributed by atoms with Gasteiger partial charge in [0, 0.05) is 10.9 Å². The molecule has 0 saturated carbocycles. The zero-order valence-electron chi connectivity index (χ0n) is 10.6. The number of halogens is 1. The molecule has 3 rings (SSSR count). The van der Waals surface area contributed by atoms with Gasteiger partial charge in [0.25, 0.3) is 5.91 Å². The van der Waals surface area contributed by atoms with E-state index in [0.717, 1.165) is 16.6 Å². The Hall–Kier alpha value is -2.69. The normalized spacial score (nSPS) is 10.7. The van der Waals surface area contributed by atoms with Crippen LogP contribution in [0.1, 0.15) is 16.1 Å². The van der Waals surface area contributed by atoms with Crippen LogP contribution in [0.15, 0.2) is 48.5 Å². The first kappa shape index (κ1) is 12.3. The molecule has 0 saturated heterocycles. The molecule has 0 fully saturated rings. The van der Waals surface area contributed by atoms with Gasteiger partial charge in [0.15, 0.2) is 0 Å². The van der Waals surface area contributed by atoms with Crippen LogP contribution in [0.4, 0.5) is 4.39 Å². The molecular weight excluding hydrogens is 257 g/mol. The zero-order valence-corrected chi connectivity index (χ0v) is 10.6. The Morgan fingerprint density at radius 1 is 1.20 bits per heavy atom. The average molecular weight is 269 g/mol. The molecular formula is C15H12FN3O. The predicted octanol–water partition coefficient (Wildman–Crippen LogP) is 2.63. The average Bonchev–Trinajstić information content (AvgIpc) is 2.88. The first-order valence-electron chi connectivity index (χ1n) is 6.20. The van der Waals surface area contributed by atoms with E-state index < -0.39 is 5.82 Å². The number of nitrogens with one attached hydrogen (secondary N) is 2. The van der Waals surface area contributed by atoms with Crippen molar-refractivity contribution >= 4 is 16.8 Å². The van der Waals surface area contributed by atoms with E-state index in [0.29, 0.717) is 12.1 Å². The van der Waals surface area contributed by atoms with Gasteiger partial charge in [0.2, 0.25) is 0 Å². The highest BCUT2D eigenvalue weighted by Gasteiger charge is 2.08. The lowest BCUT2D eigenvalue weighted by molar-refractivity contribution is 0.0950. The monoisotopic (exact) mass is 269 g/mol. The van der Waals surface area contributed by atoms with Crippen LogP contribution in [0.5, 0.6) is 0 Å². The standard InChI is InChI=1S/C15H12FN3O/c16-11-5-3-4-10(8-11)15(20)17-9-14-12-6-1-2-7-13(12)18-19-14/h1-8H,9H2,(H,17,20)(H,18,19). The third-order valence-corrected chi connectivity index (χ3v) is 3.05. The van der Waals surface area contributed by atoms with Crippen molar-refractivity contribution in [3.63, 3.8) is 0 Å². The Labute approximate surface area is 114 Å². The lowest BCUT2D eigenvalue weighted by Crippen LogP contribution is -2.23. The fraction of sp³-hybridized carbons (Fsp3) is 0.0667. The SMILES string of the molecule is O=C(NCc1[nH]nc2ccccc12)c1cccc(F)c1. The van der Waals surface area contributed by atoms with E-state index in [1.165, 1.54) is 18.2 Å². The van der Waals surface area contributed by atoms with Gasteiger partial charge in [0.05, 0.1) is 17.8 Å². The highest BCUT2D eigenvalue weighted by atomic mass is 19.1. The Morgan fingerprint density at radius 3 is 2.90 bits per heavy atom. The molecule has 0 aliphatic heterocycles. The molecule has 100 valence electrons. The van der Waals surface area contributed by atoms with E-state index in [1.807, 2.05) is 24.3 Å². The summed E-state index contributed by atoms with van der Waals surface area (Å²) in [6.45, 7) is 0.315. The first-order chi connectivity index (χ1) is 9.74. The van der Waals surface area contributed by atoms with E-state index in [9.17, 15) is 9.18 Å². The van der Waals surface area contributed by atoms with Crippen molar-refractivity contribution in [3.05, 3.63) is 65.6 Å². The van der Waals surface area contributed by atoms with Gasteiger partial charge in [-0.2, -0.15) is 5.10 Å². The van der Waals surface area contributed by atoms with Gasteiger partial charge in [-0.25, -0.2) is 4.39 Å². The topological polar surface area (TPSA) is 57.8 Å². The van der Waals surface area contributed by atoms with E-state index in [1.54, 1.807) is 6.07 Å². The molecule has 1 aromatic heterocycles. The Bertz CT molecular complexity index is 766. The molecule has 20 heavy (non-hydrogen) atoms. The molecule has 0 bridgehead atoms. The summed E-state index contributed by atoms with van der Waals surface area (Å²) in [5, 5.41) is 10.7. The number of carbonyl (C=O) groups excluding carboxylic acids is 1. The molecule has 0 aliphatic rings. The maximum absolute atomic E-state index is 13.1. The van der Waals surface area contributed by atoms with Crippen LogP contribution < -0.4 is 5.32 Å². The molecule has 0 aliphatic carbocycles. The van der Waals surface area contributed by atoms with Crippen LogP contribution in [0.25, 0.3) is 10.9 Å². The third kappa shape index (κ3) is 2.38. The number of hydrogen-bond donors (Lipinski definition) is 2. The van der Waals surface area contributed by atoms with E-state index in [2.05, 4.69) is 15.5 Å². The van der Waals surface area contributed by atoms with Crippen LogP contribution >= 0.6 is 0 Å². The van der Waals surface area contributed by atoms with Crippen LogP contribution in [0, 0.1) is 5.82 Å². The quantitative estimate of drug-likeness (QED) is 0.768. The maximum atomic E-state index is 13.1. The molecule has 5 heteroatoms. The molecule has 0 unspecified atom stereocenters. The number of benzene rings is 2. The summed E-state index contributed by atoms with van der Waals surface area (Å²) < 4.78 is 13.1. The number of fused-ring (bicyclic) bond motifs is 1. The van der Waals surface area contributed by atoms with Crippen LogP contribution in [-0.2, 0) is 6.54 Å². The van der Waals surface area contributed by atoms with Gasteiger partial charge < -0.3 is 5.32 Å². The van der Waals surface area contributed by atoms with Crippen LogP contribution in [0.3, 0.4) is 0 Å². The Kier molecular flexibility index (Phi) is 3.16. The van der Waals surface area contributed by atoms with Gasteiger partial charge in [-0.3, -0.25) is 9.89 Å². The van der Waals surface area contributed by atoms with E-state index in [4.69, 9.17) is 0 Å². The number of aromatic nitrogens is 2. The summed E-state index contributed by atoms with van der Waals surface area (Å²) in [5.74, 6) is -0.743. The van der Waals surface area contributed by atoms with Gasteiger partial charge >= 0.3 is 0 Å². The highest BCUT2D eigenvalue weighted by Crippen LogP contribution is 2.14. The molecule has 0 atom stereocenters. The van der Waals surface area contributed by atoms with Gasteiger partial charge in [-0.1, -0.05) is 24.3 Å². The number of H-pyrrole nitrogens is 1. The highest BCUT2D eigenvalue weighted by molar-refractivity contribution is 5.94. The number of aromatic amines is 1. The molecule has 2 N–H and O–H groups in total. The van der Waals surface area contributed by atoms with E-state index >= 15 is 0 Å². The maximum Gasteiger partial charge on any atom is 0.251 e. The molecule has 1 heterocycles. The third-order valence-electron chi connectivity index (χ3n) is 3.05. The predicted molar refractivity (Wildman–Crippen MR) is 73.7 cm³/mol. The van der Waals surface area contributed by atoms with Gasteiger partial charge in [-0.05, 0) is 24.3 Å². The van der Waals surface area contributed by atoms with Crippen molar-refractivity contribution in [2.24, 2.45) is 0 Å². The minimum atomic E-state index is -0.426. The number of amides is 1. The Balaban J connectivity index is 1.75. The summed E-state index contributed by atoms with van der Waals surface area (Å²) in [4.78, 5) is 11.9. The Morgan fingerprint density at radius 2 is 2.05 bits per heavy atom. The second-order valence-corrected chi connectivity index (χ2v) is 4.41. The smallest absolute Gasteiger partial charge is 0.251 e. The summed E-state index contributed by atoms with van der Waals surface area (Å²) in [5.41, 5.74) is 1.97. The fourth-order valence-electron chi connectivity index (χ4n) is 2.05. The van der Waals surface area contributed by atoms with Crippen molar-refractivity contribution in [1.82, 2.24) is 15.5 Å². The molecule has 1 amide bonds. The molecule has 4 nitrogen and oxygen atoms in total. The second-order valence-electron chi connectivity index (χ2n) is 4.41. The number of hydrogen-bond acceptors (Lipinski definition) is 2. The fourth-order valence-corrected chi connectivity index (χ4v) is 2.05. The van der Waals surface area contributed by atoms with Crippen molar-refractivity contribution in [2.75, 3.05) is 0 Å². The largest absolute Gasteiger partial charge is 0.346 e. The van der Waals surface area contributed by atoms with Gasteiger partial charge in [-0.15, -0.1) is 0 Å². The van der Waals surface area contributed by atoms with Gasteiger partial charge in [0.1, 0.15) is 5.82 Å². The van der Waals surface area contributed by atoms with Crippen molar-refractivity contribution < 1.29 is 9.18 Å². The second kappa shape index (κ2) is 5.13. The molecule has 2 aromatic carbocycles. The minimum Gasteiger partial charge on any atom is -0.346 e. The number of rotatable bonds is 3. The van der Waals surface area contributed by atoms with Crippen molar-refractivity contribution in [1.29, 1.82) is 0 Å². The van der Waals surface area contributed by atoms with Crippen LogP contribution in [0.2, 0.25) is 0 Å². The molecule has 3 aromatic rings. The van der Waals surface area contributed by atoms with Crippen molar-refractivity contribution in [3.8, 4) is 0 Å². The molecule has 0 spiro atoms.